The number of amides is 1. The Bertz CT molecular complexity index is 1730. The number of carbonyl (C=O) groups is 1. The summed E-state index contributed by atoms with van der Waals surface area (Å²) in [7, 11) is 0. The van der Waals surface area contributed by atoms with Crippen LogP contribution in [-0.2, 0) is 16.7 Å². The summed E-state index contributed by atoms with van der Waals surface area (Å²) in [6, 6.07) is 10.8. The normalized spacial score (nSPS) is 21.0. The first-order valence-electron chi connectivity index (χ1n) is 15.0. The average molecular weight is 586 g/mol. The summed E-state index contributed by atoms with van der Waals surface area (Å²) in [5, 5.41) is 6.41. The number of carbonyl (C=O) groups excluding carboxylic acids is 1. The third-order valence-corrected chi connectivity index (χ3v) is 9.57. The molecule has 2 N–H and O–H groups in total. The number of rotatable bonds is 6. The third-order valence-electron chi connectivity index (χ3n) is 9.57. The predicted octanol–water partition coefficient (Wildman–Crippen LogP) is 4.43. The fraction of sp³-hybridized carbons (Fsp3) is 0.406. The molecule has 9 nitrogen and oxygen atoms in total. The first-order chi connectivity index (χ1) is 21.0. The molecule has 3 aromatic heterocycles. The summed E-state index contributed by atoms with van der Waals surface area (Å²) in [5.74, 6) is 1.12. The molecule has 11 heteroatoms. The Hall–Kier alpha value is -4.09. The van der Waals surface area contributed by atoms with Crippen molar-refractivity contribution in [2.24, 2.45) is 0 Å². The summed E-state index contributed by atoms with van der Waals surface area (Å²) in [5.41, 5.74) is 5.53. The van der Waals surface area contributed by atoms with Crippen molar-refractivity contribution < 1.29 is 18.3 Å². The molecule has 0 unspecified atom stereocenters. The quantitative estimate of drug-likeness (QED) is 0.346. The van der Waals surface area contributed by atoms with Gasteiger partial charge in [0.1, 0.15) is 29.3 Å². The van der Waals surface area contributed by atoms with Gasteiger partial charge in [0.05, 0.1) is 23.1 Å². The number of hydrogen-bond donors (Lipinski definition) is 2. The number of imidazole rings is 1. The number of likely N-dealkylation sites (tertiary alicyclic amines) is 1. The summed E-state index contributed by atoms with van der Waals surface area (Å²) in [6.45, 7) is 5.63. The molecule has 1 spiro atoms. The first-order valence-corrected chi connectivity index (χ1v) is 15.0. The Morgan fingerprint density at radius 1 is 1.14 bits per heavy atom. The van der Waals surface area contributed by atoms with E-state index in [9.17, 15) is 13.6 Å². The molecule has 1 amide bonds. The van der Waals surface area contributed by atoms with Gasteiger partial charge in [0, 0.05) is 81.3 Å². The molecule has 0 saturated carbocycles. The smallest absolute Gasteiger partial charge is 0.254 e. The highest BCUT2D eigenvalue weighted by Gasteiger charge is 2.45. The van der Waals surface area contributed by atoms with Crippen LogP contribution in [-0.4, -0.2) is 77.3 Å². The lowest BCUT2D eigenvalue weighted by molar-refractivity contribution is 0.0552. The Kier molecular flexibility index (Phi) is 6.34. The number of anilines is 3. The molecule has 2 fully saturated rings. The van der Waals surface area contributed by atoms with Crippen LogP contribution in [0.3, 0.4) is 0 Å². The zero-order valence-corrected chi connectivity index (χ0v) is 23.8. The van der Waals surface area contributed by atoms with E-state index in [0.29, 0.717) is 42.2 Å². The zero-order valence-electron chi connectivity index (χ0n) is 23.8. The number of aromatic nitrogens is 3. The van der Waals surface area contributed by atoms with Crippen molar-refractivity contribution in [1.29, 1.82) is 0 Å². The molecule has 4 aliphatic heterocycles. The van der Waals surface area contributed by atoms with Crippen molar-refractivity contribution in [2.45, 2.75) is 37.4 Å². The van der Waals surface area contributed by atoms with E-state index in [1.54, 1.807) is 12.4 Å². The Morgan fingerprint density at radius 3 is 2.86 bits per heavy atom. The number of benzene rings is 1. The lowest BCUT2D eigenvalue weighted by Crippen LogP contribution is -2.41. The standard InChI is InChI=1S/C32H33F2N7O2/c33-20-6-10-41-26(17-35-28(41)15-20)22-1-3-25(29-23(22)16-36-31(29)42)37-27-4-2-24-30(38-27)40(12-11-39-9-5-21(34)18-39)19-32(24)7-13-43-14-8-32/h1-4,6,10,15,17,21H,5,7-9,11-14,16,18-19H2,(H,36,42)(H,37,38)/t21-/m0/s1. The molecular formula is C32H33F2N7O2. The molecule has 4 aromatic rings. The lowest BCUT2D eigenvalue weighted by Gasteiger charge is -2.34. The fourth-order valence-electron chi connectivity index (χ4n) is 7.31. The summed E-state index contributed by atoms with van der Waals surface area (Å²) < 4.78 is 35.2. The maximum Gasteiger partial charge on any atom is 0.254 e. The van der Waals surface area contributed by atoms with Crippen LogP contribution in [0.25, 0.3) is 16.9 Å². The molecule has 0 aliphatic carbocycles. The van der Waals surface area contributed by atoms with Gasteiger partial charge in [0.25, 0.3) is 5.91 Å². The Balaban J connectivity index is 1.12. The number of nitrogens with one attached hydrogen (secondary N) is 2. The maximum absolute atomic E-state index is 13.8. The van der Waals surface area contributed by atoms with Gasteiger partial charge in [-0.3, -0.25) is 14.1 Å². The van der Waals surface area contributed by atoms with Gasteiger partial charge < -0.3 is 20.3 Å². The molecule has 43 heavy (non-hydrogen) atoms. The fourth-order valence-corrected chi connectivity index (χ4v) is 7.31. The Labute approximate surface area is 247 Å². The summed E-state index contributed by atoms with van der Waals surface area (Å²) in [4.78, 5) is 27.1. The topological polar surface area (TPSA) is 87.0 Å². The van der Waals surface area contributed by atoms with Crippen LogP contribution in [0.1, 0.15) is 40.7 Å². The largest absolute Gasteiger partial charge is 0.381 e. The minimum absolute atomic E-state index is 0.00641. The van der Waals surface area contributed by atoms with Crippen molar-refractivity contribution in [2.75, 3.05) is 56.2 Å². The van der Waals surface area contributed by atoms with Crippen molar-refractivity contribution in [1.82, 2.24) is 24.6 Å². The van der Waals surface area contributed by atoms with E-state index >= 15 is 0 Å². The minimum Gasteiger partial charge on any atom is -0.381 e. The van der Waals surface area contributed by atoms with E-state index in [1.165, 1.54) is 17.7 Å². The number of ether oxygens (including phenoxy) is 1. The van der Waals surface area contributed by atoms with Crippen LogP contribution >= 0.6 is 0 Å². The molecule has 1 atom stereocenters. The van der Waals surface area contributed by atoms with Crippen LogP contribution < -0.4 is 15.5 Å². The van der Waals surface area contributed by atoms with E-state index in [2.05, 4.69) is 31.5 Å². The van der Waals surface area contributed by atoms with Crippen molar-refractivity contribution in [3.63, 3.8) is 0 Å². The molecule has 8 rings (SSSR count). The molecule has 4 aliphatic rings. The van der Waals surface area contributed by atoms with Gasteiger partial charge in [-0.15, -0.1) is 0 Å². The molecular weight excluding hydrogens is 552 g/mol. The zero-order chi connectivity index (χ0) is 29.1. The molecule has 222 valence electrons. The summed E-state index contributed by atoms with van der Waals surface area (Å²) in [6.07, 6.45) is 5.14. The number of nitrogens with zero attached hydrogens (tertiary/aromatic N) is 5. The number of pyridine rings is 2. The maximum atomic E-state index is 13.8. The first kappa shape index (κ1) is 26.5. The van der Waals surface area contributed by atoms with Crippen molar-refractivity contribution in [3.05, 3.63) is 71.3 Å². The van der Waals surface area contributed by atoms with E-state index in [0.717, 1.165) is 74.9 Å². The molecule has 0 radical (unpaired) electrons. The molecule has 0 bridgehead atoms. The minimum atomic E-state index is -0.734. The number of hydrogen-bond acceptors (Lipinski definition) is 7. The van der Waals surface area contributed by atoms with Gasteiger partial charge in [-0.1, -0.05) is 12.1 Å². The number of alkyl halides is 1. The average Bonchev–Trinajstić information content (AvgIpc) is 3.78. The van der Waals surface area contributed by atoms with Crippen molar-refractivity contribution >= 4 is 28.9 Å². The summed E-state index contributed by atoms with van der Waals surface area (Å²) >= 11 is 0. The number of fused-ring (bicyclic) bond motifs is 4. The van der Waals surface area contributed by atoms with E-state index in [4.69, 9.17) is 9.72 Å². The van der Waals surface area contributed by atoms with Gasteiger partial charge >= 0.3 is 0 Å². The predicted molar refractivity (Wildman–Crippen MR) is 159 cm³/mol. The lowest BCUT2D eigenvalue weighted by atomic mass is 9.76. The highest BCUT2D eigenvalue weighted by molar-refractivity contribution is 6.06. The van der Waals surface area contributed by atoms with Crippen LogP contribution in [0.4, 0.5) is 26.1 Å². The van der Waals surface area contributed by atoms with Crippen LogP contribution in [0.2, 0.25) is 0 Å². The molecule has 1 aromatic carbocycles. The van der Waals surface area contributed by atoms with Gasteiger partial charge in [-0.2, -0.15) is 0 Å². The van der Waals surface area contributed by atoms with Gasteiger partial charge in [0.15, 0.2) is 0 Å². The van der Waals surface area contributed by atoms with Crippen LogP contribution in [0.5, 0.6) is 0 Å². The highest BCUT2D eigenvalue weighted by Crippen LogP contribution is 2.46. The monoisotopic (exact) mass is 585 g/mol. The van der Waals surface area contributed by atoms with E-state index in [-0.39, 0.29) is 17.1 Å². The van der Waals surface area contributed by atoms with Crippen molar-refractivity contribution in [3.8, 4) is 11.3 Å². The van der Waals surface area contributed by atoms with Crippen LogP contribution in [0, 0.1) is 5.82 Å². The second-order valence-corrected chi connectivity index (χ2v) is 12.1. The van der Waals surface area contributed by atoms with Gasteiger partial charge in [-0.05, 0) is 43.0 Å². The number of halogens is 2. The van der Waals surface area contributed by atoms with E-state index < -0.39 is 6.17 Å². The Morgan fingerprint density at radius 2 is 2.02 bits per heavy atom. The molecule has 7 heterocycles. The highest BCUT2D eigenvalue weighted by atomic mass is 19.1. The van der Waals surface area contributed by atoms with E-state index in [1.807, 2.05) is 22.6 Å². The second kappa shape index (κ2) is 10.3. The third kappa shape index (κ3) is 4.53. The SMILES string of the molecule is O=C1NCc2c(-c3cnc4cc(F)ccn34)ccc(Nc3ccc4c(n3)N(CCN3CC[C@H](F)C3)CC43CCOCC3)c21. The van der Waals surface area contributed by atoms with Gasteiger partial charge in [-0.25, -0.2) is 18.7 Å². The molecule has 2 saturated heterocycles. The van der Waals surface area contributed by atoms with Crippen LogP contribution in [0.15, 0.2) is 48.8 Å². The second-order valence-electron chi connectivity index (χ2n) is 12.1. The van der Waals surface area contributed by atoms with Gasteiger partial charge in [0.2, 0.25) is 0 Å².